The average Bonchev–Trinajstić information content (AvgIpc) is 3.29. The monoisotopic (exact) mass is 357 g/mol. The van der Waals surface area contributed by atoms with Gasteiger partial charge < -0.3 is 25.4 Å². The van der Waals surface area contributed by atoms with Gasteiger partial charge in [-0.2, -0.15) is 0 Å². The predicted molar refractivity (Wildman–Crippen MR) is 95.9 cm³/mol. The van der Waals surface area contributed by atoms with E-state index >= 15 is 0 Å². The number of aliphatic hydroxyl groups excluding tert-OH is 2. The van der Waals surface area contributed by atoms with Gasteiger partial charge in [0.1, 0.15) is 12.1 Å². The second-order valence-electron chi connectivity index (χ2n) is 6.57. The molecule has 138 valence electrons. The van der Waals surface area contributed by atoms with Crippen molar-refractivity contribution in [3.05, 3.63) is 48.2 Å². The van der Waals surface area contributed by atoms with E-state index in [-0.39, 0.29) is 18.9 Å². The Labute approximate surface area is 151 Å². The van der Waals surface area contributed by atoms with Gasteiger partial charge in [0.25, 0.3) is 5.91 Å². The standard InChI is InChI=1S/C19H23N3O4/c1-12(23)19(26)22-11-15(24)9-17(22)18(25)21-10-13-4-6-14(7-5-13)16-3-2-8-20-16/h2-8,12,15,17,20,23-24H,9-11H2,1H3,(H,21,25)/t12-,15+,17-/m0/s1. The summed E-state index contributed by atoms with van der Waals surface area (Å²) in [6, 6.07) is 10.9. The Morgan fingerprint density at radius 3 is 2.65 bits per heavy atom. The summed E-state index contributed by atoms with van der Waals surface area (Å²) in [4.78, 5) is 28.9. The summed E-state index contributed by atoms with van der Waals surface area (Å²) in [7, 11) is 0. The summed E-state index contributed by atoms with van der Waals surface area (Å²) < 4.78 is 0. The summed E-state index contributed by atoms with van der Waals surface area (Å²) in [6.07, 6.45) is 0.0835. The first-order chi connectivity index (χ1) is 12.5. The quantitative estimate of drug-likeness (QED) is 0.630. The van der Waals surface area contributed by atoms with Crippen LogP contribution in [-0.4, -0.2) is 56.7 Å². The smallest absolute Gasteiger partial charge is 0.251 e. The molecule has 1 aliphatic heterocycles. The maximum Gasteiger partial charge on any atom is 0.251 e. The minimum Gasteiger partial charge on any atom is -0.391 e. The van der Waals surface area contributed by atoms with E-state index in [1.165, 1.54) is 11.8 Å². The molecular weight excluding hydrogens is 334 g/mol. The number of benzene rings is 1. The number of carbonyl (C=O) groups excluding carboxylic acids is 2. The number of nitrogens with zero attached hydrogens (tertiary/aromatic N) is 1. The van der Waals surface area contributed by atoms with Crippen LogP contribution in [0.25, 0.3) is 11.3 Å². The maximum atomic E-state index is 12.5. The van der Waals surface area contributed by atoms with Crippen LogP contribution in [0.5, 0.6) is 0 Å². The van der Waals surface area contributed by atoms with Gasteiger partial charge in [0.2, 0.25) is 5.91 Å². The summed E-state index contributed by atoms with van der Waals surface area (Å²) in [5, 5.41) is 22.1. The fourth-order valence-corrected chi connectivity index (χ4v) is 3.16. The molecule has 0 spiro atoms. The fourth-order valence-electron chi connectivity index (χ4n) is 3.16. The molecule has 0 bridgehead atoms. The van der Waals surface area contributed by atoms with Crippen LogP contribution in [0, 0.1) is 0 Å². The predicted octanol–water partition coefficient (Wildman–Crippen LogP) is 0.640. The van der Waals surface area contributed by atoms with Gasteiger partial charge in [-0.1, -0.05) is 24.3 Å². The molecule has 0 radical (unpaired) electrons. The van der Waals surface area contributed by atoms with Crippen molar-refractivity contribution in [3.63, 3.8) is 0 Å². The molecule has 7 heteroatoms. The Morgan fingerprint density at radius 2 is 2.04 bits per heavy atom. The van der Waals surface area contributed by atoms with E-state index in [1.807, 2.05) is 42.6 Å². The molecule has 1 aromatic carbocycles. The molecule has 3 atom stereocenters. The number of nitrogens with one attached hydrogen (secondary N) is 2. The molecule has 1 aliphatic rings. The van der Waals surface area contributed by atoms with Crippen LogP contribution < -0.4 is 5.32 Å². The lowest BCUT2D eigenvalue weighted by molar-refractivity contribution is -0.144. The number of likely N-dealkylation sites (tertiary alicyclic amines) is 1. The van der Waals surface area contributed by atoms with E-state index < -0.39 is 24.2 Å². The van der Waals surface area contributed by atoms with Gasteiger partial charge in [-0.05, 0) is 30.2 Å². The van der Waals surface area contributed by atoms with Crippen molar-refractivity contribution in [1.29, 1.82) is 0 Å². The van der Waals surface area contributed by atoms with Crippen molar-refractivity contribution in [3.8, 4) is 11.3 Å². The molecule has 4 N–H and O–H groups in total. The summed E-state index contributed by atoms with van der Waals surface area (Å²) >= 11 is 0. The van der Waals surface area contributed by atoms with Gasteiger partial charge in [0.15, 0.2) is 0 Å². The molecular formula is C19H23N3O4. The van der Waals surface area contributed by atoms with Crippen molar-refractivity contribution < 1.29 is 19.8 Å². The Hall–Kier alpha value is -2.64. The molecule has 0 unspecified atom stereocenters. The van der Waals surface area contributed by atoms with Crippen molar-refractivity contribution in [2.24, 2.45) is 0 Å². The number of aromatic amines is 1. The highest BCUT2D eigenvalue weighted by Crippen LogP contribution is 2.20. The van der Waals surface area contributed by atoms with Crippen molar-refractivity contribution in [2.75, 3.05) is 6.54 Å². The van der Waals surface area contributed by atoms with Gasteiger partial charge in [0.05, 0.1) is 6.10 Å². The van der Waals surface area contributed by atoms with Crippen LogP contribution in [0.4, 0.5) is 0 Å². The number of hydrogen-bond acceptors (Lipinski definition) is 4. The van der Waals surface area contributed by atoms with E-state index in [9.17, 15) is 19.8 Å². The summed E-state index contributed by atoms with van der Waals surface area (Å²) in [5.41, 5.74) is 3.01. The number of rotatable bonds is 5. The van der Waals surface area contributed by atoms with Crippen LogP contribution in [0.3, 0.4) is 0 Å². The van der Waals surface area contributed by atoms with Crippen molar-refractivity contribution >= 4 is 11.8 Å². The second kappa shape index (κ2) is 7.72. The number of aliphatic hydroxyl groups is 2. The largest absolute Gasteiger partial charge is 0.391 e. The molecule has 3 rings (SSSR count). The van der Waals surface area contributed by atoms with Crippen molar-refractivity contribution in [2.45, 2.75) is 38.1 Å². The van der Waals surface area contributed by atoms with Crippen LogP contribution in [0.2, 0.25) is 0 Å². The highest BCUT2D eigenvalue weighted by Gasteiger charge is 2.39. The summed E-state index contributed by atoms with van der Waals surface area (Å²) in [5.74, 6) is -0.874. The van der Waals surface area contributed by atoms with E-state index in [0.29, 0.717) is 6.54 Å². The third-order valence-corrected chi connectivity index (χ3v) is 4.55. The van der Waals surface area contributed by atoms with Gasteiger partial charge in [-0.15, -0.1) is 0 Å². The number of H-pyrrole nitrogens is 1. The number of amides is 2. The average molecular weight is 357 g/mol. The van der Waals surface area contributed by atoms with Crippen LogP contribution in [-0.2, 0) is 16.1 Å². The number of carbonyl (C=O) groups is 2. The number of hydrogen-bond donors (Lipinski definition) is 4. The highest BCUT2D eigenvalue weighted by atomic mass is 16.3. The van der Waals surface area contributed by atoms with Crippen molar-refractivity contribution in [1.82, 2.24) is 15.2 Å². The fraction of sp³-hybridized carbons (Fsp3) is 0.368. The Kier molecular flexibility index (Phi) is 5.39. The third kappa shape index (κ3) is 3.95. The van der Waals surface area contributed by atoms with Crippen LogP contribution >= 0.6 is 0 Å². The van der Waals surface area contributed by atoms with Crippen LogP contribution in [0.15, 0.2) is 42.6 Å². The Bertz CT molecular complexity index is 756. The maximum absolute atomic E-state index is 12.5. The lowest BCUT2D eigenvalue weighted by Gasteiger charge is -2.24. The van der Waals surface area contributed by atoms with Gasteiger partial charge in [-0.3, -0.25) is 9.59 Å². The molecule has 26 heavy (non-hydrogen) atoms. The normalized spacial score (nSPS) is 20.8. The lowest BCUT2D eigenvalue weighted by atomic mass is 10.1. The zero-order valence-corrected chi connectivity index (χ0v) is 14.6. The molecule has 1 aromatic heterocycles. The SMILES string of the molecule is C[C@H](O)C(=O)N1C[C@H](O)C[C@H]1C(=O)NCc1ccc(-c2ccc[nH]2)cc1. The van der Waals surface area contributed by atoms with E-state index in [2.05, 4.69) is 10.3 Å². The zero-order chi connectivity index (χ0) is 18.7. The van der Waals surface area contributed by atoms with E-state index in [4.69, 9.17) is 0 Å². The third-order valence-electron chi connectivity index (χ3n) is 4.55. The molecule has 2 heterocycles. The molecule has 0 saturated carbocycles. The second-order valence-corrected chi connectivity index (χ2v) is 6.57. The first kappa shape index (κ1) is 18.2. The Balaban J connectivity index is 1.60. The molecule has 2 amide bonds. The molecule has 0 aliphatic carbocycles. The van der Waals surface area contributed by atoms with Crippen LogP contribution in [0.1, 0.15) is 18.9 Å². The van der Waals surface area contributed by atoms with E-state index in [1.54, 1.807) is 0 Å². The first-order valence-electron chi connectivity index (χ1n) is 8.62. The molecule has 7 nitrogen and oxygen atoms in total. The zero-order valence-electron chi connectivity index (χ0n) is 14.6. The highest BCUT2D eigenvalue weighted by molar-refractivity contribution is 5.89. The molecule has 1 saturated heterocycles. The Morgan fingerprint density at radius 1 is 1.31 bits per heavy atom. The van der Waals surface area contributed by atoms with Gasteiger partial charge in [-0.25, -0.2) is 0 Å². The number of aromatic nitrogens is 1. The summed E-state index contributed by atoms with van der Waals surface area (Å²) in [6.45, 7) is 1.74. The molecule has 1 fully saturated rings. The minimum atomic E-state index is -1.20. The topological polar surface area (TPSA) is 106 Å². The molecule has 2 aromatic rings. The minimum absolute atomic E-state index is 0.0622. The van der Waals surface area contributed by atoms with Gasteiger partial charge >= 0.3 is 0 Å². The first-order valence-corrected chi connectivity index (χ1v) is 8.62. The number of β-amino-alcohol motifs (C(OH)–C–C–N with tert-alkyl or cyclic N) is 1. The lowest BCUT2D eigenvalue weighted by Crippen LogP contribution is -2.48. The van der Waals surface area contributed by atoms with Gasteiger partial charge in [0, 0.05) is 31.4 Å². The van der Waals surface area contributed by atoms with E-state index in [0.717, 1.165) is 16.8 Å².